The van der Waals surface area contributed by atoms with Gasteiger partial charge in [0.25, 0.3) is 0 Å². The van der Waals surface area contributed by atoms with E-state index in [0.29, 0.717) is 19.5 Å². The molecule has 1 aromatic carbocycles. The van der Waals surface area contributed by atoms with Crippen LogP contribution in [0.3, 0.4) is 0 Å². The summed E-state index contributed by atoms with van der Waals surface area (Å²) in [4.78, 5) is 18.3. The number of amides is 2. The number of nitrogens with one attached hydrogen (secondary N) is 1. The molecule has 6 nitrogen and oxygen atoms in total. The van der Waals surface area contributed by atoms with Crippen molar-refractivity contribution in [2.24, 2.45) is 0 Å². The molecule has 1 aliphatic heterocycles. The summed E-state index contributed by atoms with van der Waals surface area (Å²) >= 11 is 0. The zero-order valence-electron chi connectivity index (χ0n) is 13.3. The van der Waals surface area contributed by atoms with Crippen LogP contribution in [0.4, 0.5) is 10.5 Å². The molecule has 3 rings (SSSR count). The monoisotopic (exact) mass is 314 g/mol. The summed E-state index contributed by atoms with van der Waals surface area (Å²) < 4.78 is 2.11. The normalized spacial score (nSPS) is 17.5. The van der Waals surface area contributed by atoms with Crippen molar-refractivity contribution in [3.05, 3.63) is 36.7 Å². The molecule has 0 spiro atoms. The van der Waals surface area contributed by atoms with Gasteiger partial charge in [-0.25, -0.2) is 9.78 Å². The molecule has 2 heterocycles. The van der Waals surface area contributed by atoms with Crippen LogP contribution in [-0.2, 0) is 6.54 Å². The van der Waals surface area contributed by atoms with Crippen molar-refractivity contribution in [2.75, 3.05) is 18.4 Å². The van der Waals surface area contributed by atoms with Gasteiger partial charge < -0.3 is 19.9 Å². The van der Waals surface area contributed by atoms with Crippen LogP contribution in [0.2, 0.25) is 0 Å². The molecule has 1 fully saturated rings. The van der Waals surface area contributed by atoms with Gasteiger partial charge in [0.1, 0.15) is 5.82 Å². The third-order valence-electron chi connectivity index (χ3n) is 4.00. The van der Waals surface area contributed by atoms with Gasteiger partial charge in [-0.3, -0.25) is 0 Å². The summed E-state index contributed by atoms with van der Waals surface area (Å²) in [6.07, 6.45) is 5.03. The Morgan fingerprint density at radius 2 is 2.35 bits per heavy atom. The third kappa shape index (κ3) is 3.53. The molecule has 2 N–H and O–H groups in total. The highest BCUT2D eigenvalue weighted by Crippen LogP contribution is 2.22. The first-order valence-corrected chi connectivity index (χ1v) is 8.03. The molecular formula is C17H22N4O2. The Balaban J connectivity index is 1.75. The molecule has 0 aliphatic carbocycles. The molecule has 2 amide bonds. The number of hydrogen-bond acceptors (Lipinski definition) is 3. The number of carbonyl (C=O) groups excluding carboxylic acids is 1. The van der Waals surface area contributed by atoms with E-state index in [-0.39, 0.29) is 6.03 Å². The predicted molar refractivity (Wildman–Crippen MR) is 89.2 cm³/mol. The number of aryl methyl sites for hydroxylation is 1. The Morgan fingerprint density at radius 3 is 3.09 bits per heavy atom. The van der Waals surface area contributed by atoms with Crippen LogP contribution in [0.1, 0.15) is 19.8 Å². The van der Waals surface area contributed by atoms with Gasteiger partial charge in [0.05, 0.1) is 6.10 Å². The lowest BCUT2D eigenvalue weighted by Gasteiger charge is -2.17. The zero-order valence-corrected chi connectivity index (χ0v) is 13.3. The number of nitrogens with zero attached hydrogens (tertiary/aromatic N) is 3. The van der Waals surface area contributed by atoms with Gasteiger partial charge in [0, 0.05) is 43.3 Å². The summed E-state index contributed by atoms with van der Waals surface area (Å²) in [7, 11) is 0. The highest BCUT2D eigenvalue weighted by atomic mass is 16.3. The largest absolute Gasteiger partial charge is 0.391 e. The first-order valence-electron chi connectivity index (χ1n) is 8.03. The van der Waals surface area contributed by atoms with E-state index in [1.54, 1.807) is 11.1 Å². The Morgan fingerprint density at radius 1 is 1.48 bits per heavy atom. The van der Waals surface area contributed by atoms with Crippen molar-refractivity contribution < 1.29 is 9.90 Å². The number of benzene rings is 1. The second-order valence-electron chi connectivity index (χ2n) is 5.84. The number of aromatic nitrogens is 2. The number of anilines is 1. The third-order valence-corrected chi connectivity index (χ3v) is 4.00. The van der Waals surface area contributed by atoms with Crippen LogP contribution in [0.25, 0.3) is 11.4 Å². The van der Waals surface area contributed by atoms with Gasteiger partial charge >= 0.3 is 6.03 Å². The predicted octanol–water partition coefficient (Wildman–Crippen LogP) is 2.56. The highest BCUT2D eigenvalue weighted by molar-refractivity contribution is 5.90. The van der Waals surface area contributed by atoms with Crippen LogP contribution in [-0.4, -0.2) is 44.8 Å². The average Bonchev–Trinajstić information content (AvgIpc) is 3.17. The number of carbonyl (C=O) groups is 1. The number of β-amino-alcohol motifs (C(OH)–C–C–N with tert-alkyl or cyclic N) is 1. The quantitative estimate of drug-likeness (QED) is 0.911. The molecule has 1 saturated heterocycles. The van der Waals surface area contributed by atoms with E-state index in [9.17, 15) is 9.90 Å². The van der Waals surface area contributed by atoms with Gasteiger partial charge in [0.2, 0.25) is 0 Å². The molecule has 1 atom stereocenters. The van der Waals surface area contributed by atoms with Crippen LogP contribution in [0.15, 0.2) is 36.7 Å². The number of imidazole rings is 1. The zero-order chi connectivity index (χ0) is 16.2. The number of rotatable bonds is 4. The van der Waals surface area contributed by atoms with Gasteiger partial charge in [-0.05, 0) is 25.0 Å². The Bertz CT molecular complexity index is 683. The van der Waals surface area contributed by atoms with Gasteiger partial charge in [-0.2, -0.15) is 0 Å². The first-order chi connectivity index (χ1) is 11.2. The second-order valence-corrected chi connectivity index (χ2v) is 5.84. The van der Waals surface area contributed by atoms with Gasteiger partial charge in [-0.1, -0.05) is 19.1 Å². The number of aliphatic hydroxyl groups excluding tert-OH is 1. The summed E-state index contributed by atoms with van der Waals surface area (Å²) in [5.41, 5.74) is 1.71. The van der Waals surface area contributed by atoms with Crippen molar-refractivity contribution in [3.8, 4) is 11.4 Å². The fraction of sp³-hybridized carbons (Fsp3) is 0.412. The van der Waals surface area contributed by atoms with E-state index in [2.05, 4.69) is 21.8 Å². The summed E-state index contributed by atoms with van der Waals surface area (Å²) in [5.74, 6) is 0.902. The van der Waals surface area contributed by atoms with Gasteiger partial charge in [-0.15, -0.1) is 0 Å². The molecule has 6 heteroatoms. The van der Waals surface area contributed by atoms with Crippen LogP contribution in [0.5, 0.6) is 0 Å². The summed E-state index contributed by atoms with van der Waals surface area (Å²) in [6.45, 7) is 4.03. The molecule has 1 unspecified atom stereocenters. The minimum Gasteiger partial charge on any atom is -0.391 e. The van der Waals surface area contributed by atoms with Crippen LogP contribution in [0, 0.1) is 0 Å². The number of hydrogen-bond donors (Lipinski definition) is 2. The molecule has 1 aromatic heterocycles. The van der Waals surface area contributed by atoms with E-state index in [1.165, 1.54) is 0 Å². The van der Waals surface area contributed by atoms with E-state index in [0.717, 1.165) is 30.0 Å². The highest BCUT2D eigenvalue weighted by Gasteiger charge is 2.24. The minimum absolute atomic E-state index is 0.171. The fourth-order valence-corrected chi connectivity index (χ4v) is 2.86. The Labute approximate surface area is 135 Å². The molecule has 1 aliphatic rings. The molecule has 0 radical (unpaired) electrons. The minimum atomic E-state index is -0.409. The van der Waals surface area contributed by atoms with E-state index >= 15 is 0 Å². The lowest BCUT2D eigenvalue weighted by atomic mass is 10.2. The van der Waals surface area contributed by atoms with Crippen LogP contribution >= 0.6 is 0 Å². The second kappa shape index (κ2) is 6.83. The van der Waals surface area contributed by atoms with E-state index in [4.69, 9.17) is 0 Å². The van der Waals surface area contributed by atoms with Crippen molar-refractivity contribution >= 4 is 11.7 Å². The summed E-state index contributed by atoms with van der Waals surface area (Å²) in [6, 6.07) is 7.52. The topological polar surface area (TPSA) is 70.4 Å². The van der Waals surface area contributed by atoms with Crippen molar-refractivity contribution in [1.82, 2.24) is 14.5 Å². The van der Waals surface area contributed by atoms with Crippen molar-refractivity contribution in [1.29, 1.82) is 0 Å². The maximum atomic E-state index is 12.2. The van der Waals surface area contributed by atoms with Crippen LogP contribution < -0.4 is 5.32 Å². The van der Waals surface area contributed by atoms with Crippen molar-refractivity contribution in [3.63, 3.8) is 0 Å². The smallest absolute Gasteiger partial charge is 0.321 e. The SMILES string of the molecule is CCCn1ccnc1-c1cccc(NC(=O)N2CCC(O)C2)c1. The lowest BCUT2D eigenvalue weighted by molar-refractivity contribution is 0.176. The average molecular weight is 314 g/mol. The fourth-order valence-electron chi connectivity index (χ4n) is 2.86. The number of aliphatic hydroxyl groups is 1. The number of urea groups is 1. The lowest BCUT2D eigenvalue weighted by Crippen LogP contribution is -2.33. The first kappa shape index (κ1) is 15.6. The maximum absolute atomic E-state index is 12.2. The standard InChI is InChI=1S/C17H22N4O2/c1-2-8-20-10-7-18-16(20)13-4-3-5-14(11-13)19-17(23)21-9-6-15(22)12-21/h3-5,7,10-11,15,22H,2,6,8-9,12H2,1H3,(H,19,23). The van der Waals surface area contributed by atoms with Gasteiger partial charge in [0.15, 0.2) is 0 Å². The molecule has 122 valence electrons. The molecule has 2 aromatic rings. The maximum Gasteiger partial charge on any atom is 0.321 e. The Kier molecular flexibility index (Phi) is 4.62. The van der Waals surface area contributed by atoms with Crippen molar-refractivity contribution in [2.45, 2.75) is 32.4 Å². The molecule has 0 saturated carbocycles. The van der Waals surface area contributed by atoms with E-state index in [1.807, 2.05) is 30.5 Å². The Hall–Kier alpha value is -2.34. The number of likely N-dealkylation sites (tertiary alicyclic amines) is 1. The molecule has 23 heavy (non-hydrogen) atoms. The summed E-state index contributed by atoms with van der Waals surface area (Å²) in [5, 5.41) is 12.4. The molecule has 0 bridgehead atoms. The molecular weight excluding hydrogens is 292 g/mol. The van der Waals surface area contributed by atoms with E-state index < -0.39 is 6.10 Å².